The van der Waals surface area contributed by atoms with Gasteiger partial charge in [-0.2, -0.15) is 0 Å². The first kappa shape index (κ1) is 22.0. The number of nitrogens with one attached hydrogen (secondary N) is 3. The van der Waals surface area contributed by atoms with Crippen LogP contribution in [0.15, 0.2) is 66.7 Å². The van der Waals surface area contributed by atoms with Crippen LogP contribution in [0.25, 0.3) is 0 Å². The molecule has 2 amide bonds. The Hall–Kier alpha value is -3.84. The lowest BCUT2D eigenvalue weighted by atomic mass is 9.88. The van der Waals surface area contributed by atoms with Crippen molar-refractivity contribution in [3.63, 3.8) is 0 Å². The van der Waals surface area contributed by atoms with Crippen molar-refractivity contribution in [2.75, 3.05) is 24.0 Å². The molecule has 34 heavy (non-hydrogen) atoms. The maximum Gasteiger partial charge on any atom is 0.251 e. The summed E-state index contributed by atoms with van der Waals surface area (Å²) in [7, 11) is 1.63. The maximum atomic E-state index is 13.2. The Bertz CT molecular complexity index is 1210. The number of benzene rings is 3. The second-order valence-corrected chi connectivity index (χ2v) is 8.62. The second kappa shape index (κ2) is 9.19. The number of carbonyl (C=O) groups excluding carboxylic acids is 2. The number of nitrogens with zero attached hydrogens (tertiary/aromatic N) is 1. The topological polar surface area (TPSA) is 82.7 Å². The van der Waals surface area contributed by atoms with Gasteiger partial charge in [0.25, 0.3) is 5.91 Å². The van der Waals surface area contributed by atoms with Gasteiger partial charge in [-0.15, -0.1) is 0 Å². The molecule has 3 aromatic rings. The van der Waals surface area contributed by atoms with Crippen molar-refractivity contribution < 1.29 is 14.3 Å². The number of hydrazine groups is 1. The summed E-state index contributed by atoms with van der Waals surface area (Å²) < 4.78 is 5.18. The van der Waals surface area contributed by atoms with Crippen molar-refractivity contribution in [3.05, 3.63) is 89.0 Å². The number of rotatable bonds is 6. The molecule has 1 saturated heterocycles. The van der Waals surface area contributed by atoms with E-state index in [2.05, 4.69) is 23.0 Å². The third-order valence-corrected chi connectivity index (χ3v) is 6.58. The van der Waals surface area contributed by atoms with Gasteiger partial charge in [0.1, 0.15) is 5.75 Å². The lowest BCUT2D eigenvalue weighted by Crippen LogP contribution is -2.35. The van der Waals surface area contributed by atoms with Crippen LogP contribution in [-0.2, 0) is 17.8 Å². The zero-order valence-corrected chi connectivity index (χ0v) is 19.3. The van der Waals surface area contributed by atoms with Crippen molar-refractivity contribution >= 4 is 23.2 Å². The molecule has 5 rings (SSSR count). The molecule has 2 unspecified atom stereocenters. The van der Waals surface area contributed by atoms with Gasteiger partial charge in [-0.25, -0.2) is 10.4 Å². The number of anilines is 2. The van der Waals surface area contributed by atoms with E-state index in [4.69, 9.17) is 4.74 Å². The van der Waals surface area contributed by atoms with Gasteiger partial charge < -0.3 is 15.4 Å². The SMILES string of the molecule is CCc1ccc(N2NC3c4cc(C(=O)NCc5ccc(OC)cc5)ccc4NCC3C2=O)cc1. The molecule has 0 radical (unpaired) electrons. The van der Waals surface area contributed by atoms with Gasteiger partial charge in [-0.1, -0.05) is 31.2 Å². The fraction of sp³-hybridized carbons (Fsp3) is 0.259. The fourth-order valence-corrected chi connectivity index (χ4v) is 4.54. The van der Waals surface area contributed by atoms with Crippen LogP contribution in [-0.4, -0.2) is 25.5 Å². The average Bonchev–Trinajstić information content (AvgIpc) is 3.24. The zero-order valence-electron chi connectivity index (χ0n) is 19.3. The minimum absolute atomic E-state index is 0.0294. The van der Waals surface area contributed by atoms with E-state index >= 15 is 0 Å². The number of amides is 2. The standard InChI is InChI=1S/C27H28N4O3/c1-3-17-4-9-20(10-5-17)31-27(33)23-16-28-24-13-8-19(14-22(24)25(23)30-31)26(32)29-15-18-6-11-21(34-2)12-7-18/h4-14,23,25,28,30H,3,15-16H2,1-2H3,(H,29,32). The van der Waals surface area contributed by atoms with Gasteiger partial charge in [-0.05, 0) is 65.6 Å². The van der Waals surface area contributed by atoms with Crippen LogP contribution in [0.1, 0.15) is 40.0 Å². The Morgan fingerprint density at radius 2 is 1.79 bits per heavy atom. The van der Waals surface area contributed by atoms with Crippen molar-refractivity contribution in [1.82, 2.24) is 10.7 Å². The van der Waals surface area contributed by atoms with Crippen LogP contribution < -0.4 is 25.8 Å². The first-order valence-electron chi connectivity index (χ1n) is 11.6. The van der Waals surface area contributed by atoms with E-state index in [1.807, 2.05) is 66.7 Å². The fourth-order valence-electron chi connectivity index (χ4n) is 4.54. The highest BCUT2D eigenvalue weighted by atomic mass is 16.5. The van der Waals surface area contributed by atoms with Crippen molar-refractivity contribution in [2.45, 2.75) is 25.9 Å². The number of aryl methyl sites for hydroxylation is 1. The van der Waals surface area contributed by atoms with Crippen LogP contribution in [0, 0.1) is 5.92 Å². The third-order valence-electron chi connectivity index (χ3n) is 6.58. The molecule has 2 atom stereocenters. The van der Waals surface area contributed by atoms with E-state index in [0.29, 0.717) is 18.7 Å². The van der Waals surface area contributed by atoms with Crippen LogP contribution in [0.2, 0.25) is 0 Å². The number of hydrogen-bond donors (Lipinski definition) is 3. The van der Waals surface area contributed by atoms with Crippen molar-refractivity contribution in [1.29, 1.82) is 0 Å². The van der Waals surface area contributed by atoms with Gasteiger partial charge in [0, 0.05) is 24.3 Å². The van der Waals surface area contributed by atoms with Gasteiger partial charge in [-0.3, -0.25) is 9.59 Å². The summed E-state index contributed by atoms with van der Waals surface area (Å²) in [6.07, 6.45) is 0.952. The Kier molecular flexibility index (Phi) is 5.94. The summed E-state index contributed by atoms with van der Waals surface area (Å²) in [4.78, 5) is 26.0. The molecule has 0 spiro atoms. The summed E-state index contributed by atoms with van der Waals surface area (Å²) >= 11 is 0. The zero-order chi connectivity index (χ0) is 23.7. The molecule has 3 N–H and O–H groups in total. The molecule has 7 heteroatoms. The molecule has 174 valence electrons. The number of carbonyl (C=O) groups is 2. The molecule has 0 saturated carbocycles. The maximum absolute atomic E-state index is 13.2. The molecule has 3 aromatic carbocycles. The van der Waals surface area contributed by atoms with E-state index in [1.165, 1.54) is 5.56 Å². The summed E-state index contributed by atoms with van der Waals surface area (Å²) in [5.41, 5.74) is 8.86. The molecular weight excluding hydrogens is 428 g/mol. The van der Waals surface area contributed by atoms with Gasteiger partial charge in [0.05, 0.1) is 24.8 Å². The Balaban J connectivity index is 1.33. The monoisotopic (exact) mass is 456 g/mol. The quantitative estimate of drug-likeness (QED) is 0.525. The number of hydrogen-bond acceptors (Lipinski definition) is 5. The Morgan fingerprint density at radius 3 is 2.50 bits per heavy atom. The number of ether oxygens (including phenoxy) is 1. The second-order valence-electron chi connectivity index (χ2n) is 8.62. The lowest BCUT2D eigenvalue weighted by molar-refractivity contribution is -0.120. The van der Waals surface area contributed by atoms with E-state index in [1.54, 1.807) is 12.1 Å². The highest BCUT2D eigenvalue weighted by Crippen LogP contribution is 2.40. The highest BCUT2D eigenvalue weighted by Gasteiger charge is 2.44. The first-order valence-corrected chi connectivity index (χ1v) is 11.6. The smallest absolute Gasteiger partial charge is 0.251 e. The molecule has 0 bridgehead atoms. The largest absolute Gasteiger partial charge is 0.497 e. The van der Waals surface area contributed by atoms with E-state index < -0.39 is 0 Å². The van der Waals surface area contributed by atoms with Gasteiger partial charge in [0.2, 0.25) is 5.91 Å². The van der Waals surface area contributed by atoms with E-state index in [-0.39, 0.29) is 23.8 Å². The molecular formula is C27H28N4O3. The van der Waals surface area contributed by atoms with Crippen molar-refractivity contribution in [2.24, 2.45) is 5.92 Å². The summed E-state index contributed by atoms with van der Waals surface area (Å²) in [5, 5.41) is 7.97. The summed E-state index contributed by atoms with van der Waals surface area (Å²) in [6.45, 7) is 3.08. The molecule has 0 aromatic heterocycles. The first-order chi connectivity index (χ1) is 16.6. The van der Waals surface area contributed by atoms with Crippen LogP contribution >= 0.6 is 0 Å². The third kappa shape index (κ3) is 4.10. The minimum atomic E-state index is -0.240. The Morgan fingerprint density at radius 1 is 1.06 bits per heavy atom. The number of fused-ring (bicyclic) bond motifs is 3. The van der Waals surface area contributed by atoms with Crippen LogP contribution in [0.4, 0.5) is 11.4 Å². The minimum Gasteiger partial charge on any atom is -0.497 e. The Labute approximate surface area is 199 Å². The normalized spacial score (nSPS) is 18.6. The van der Waals surface area contributed by atoms with E-state index in [0.717, 1.165) is 34.7 Å². The van der Waals surface area contributed by atoms with Crippen LogP contribution in [0.5, 0.6) is 5.75 Å². The molecule has 1 fully saturated rings. The van der Waals surface area contributed by atoms with Crippen LogP contribution in [0.3, 0.4) is 0 Å². The summed E-state index contributed by atoms with van der Waals surface area (Å²) in [6, 6.07) is 21.0. The molecule has 0 aliphatic carbocycles. The number of methoxy groups -OCH3 is 1. The van der Waals surface area contributed by atoms with Gasteiger partial charge >= 0.3 is 0 Å². The molecule has 7 nitrogen and oxygen atoms in total. The van der Waals surface area contributed by atoms with E-state index in [9.17, 15) is 9.59 Å². The average molecular weight is 457 g/mol. The predicted octanol–water partition coefficient (Wildman–Crippen LogP) is 3.82. The lowest BCUT2D eigenvalue weighted by Gasteiger charge is -2.27. The highest BCUT2D eigenvalue weighted by molar-refractivity contribution is 5.99. The molecule has 2 aliphatic rings. The molecule has 2 heterocycles. The van der Waals surface area contributed by atoms with Crippen molar-refractivity contribution in [3.8, 4) is 5.75 Å². The molecule has 2 aliphatic heterocycles. The van der Waals surface area contributed by atoms with Gasteiger partial charge in [0.15, 0.2) is 0 Å². The predicted molar refractivity (Wildman–Crippen MR) is 132 cm³/mol. The summed E-state index contributed by atoms with van der Waals surface area (Å²) in [5.74, 6) is 0.413.